The summed E-state index contributed by atoms with van der Waals surface area (Å²) in [5.41, 5.74) is 5.98. The number of piperidine rings is 1. The van der Waals surface area contributed by atoms with Crippen LogP contribution in [0.1, 0.15) is 39.5 Å². The largest absolute Gasteiger partial charge is 0.378 e. The van der Waals surface area contributed by atoms with Crippen LogP contribution in [0.3, 0.4) is 0 Å². The first-order chi connectivity index (χ1) is 8.15. The monoisotopic (exact) mass is 240 g/mol. The first-order valence-electron chi connectivity index (χ1n) is 6.82. The Labute approximate surface area is 103 Å². The summed E-state index contributed by atoms with van der Waals surface area (Å²) in [6.07, 6.45) is 4.42. The van der Waals surface area contributed by atoms with Gasteiger partial charge in [0.05, 0.1) is 12.0 Å². The summed E-state index contributed by atoms with van der Waals surface area (Å²) in [6, 6.07) is 0.308. The highest BCUT2D eigenvalue weighted by Crippen LogP contribution is 2.37. The highest BCUT2D eigenvalue weighted by atomic mass is 16.5. The third kappa shape index (κ3) is 2.80. The van der Waals surface area contributed by atoms with E-state index in [-0.39, 0.29) is 30.0 Å². The predicted molar refractivity (Wildman–Crippen MR) is 66.5 cm³/mol. The van der Waals surface area contributed by atoms with E-state index < -0.39 is 0 Å². The van der Waals surface area contributed by atoms with Gasteiger partial charge in [0.1, 0.15) is 0 Å². The maximum atomic E-state index is 12.4. The Morgan fingerprint density at radius 1 is 1.53 bits per heavy atom. The fraction of sp³-hybridized carbons (Fsp3) is 0.923. The Kier molecular flexibility index (Phi) is 4.05. The van der Waals surface area contributed by atoms with Crippen molar-refractivity contribution in [3.05, 3.63) is 0 Å². The van der Waals surface area contributed by atoms with Gasteiger partial charge in [-0.3, -0.25) is 4.79 Å². The molecule has 1 aliphatic heterocycles. The van der Waals surface area contributed by atoms with Crippen LogP contribution >= 0.6 is 0 Å². The maximum Gasteiger partial charge on any atom is 0.228 e. The molecule has 2 aliphatic rings. The number of amides is 1. The molecule has 4 unspecified atom stereocenters. The van der Waals surface area contributed by atoms with Crippen molar-refractivity contribution in [1.29, 1.82) is 0 Å². The van der Waals surface area contributed by atoms with Crippen molar-refractivity contribution in [2.45, 2.75) is 57.7 Å². The van der Waals surface area contributed by atoms with Crippen molar-refractivity contribution in [2.24, 2.45) is 11.7 Å². The van der Waals surface area contributed by atoms with Gasteiger partial charge in [0.2, 0.25) is 5.91 Å². The van der Waals surface area contributed by atoms with Crippen LogP contribution in [-0.2, 0) is 9.53 Å². The number of hydrogen-bond acceptors (Lipinski definition) is 3. The summed E-state index contributed by atoms with van der Waals surface area (Å²) in [4.78, 5) is 14.4. The van der Waals surface area contributed by atoms with E-state index in [0.717, 1.165) is 25.8 Å². The molecule has 1 heterocycles. The van der Waals surface area contributed by atoms with E-state index in [1.165, 1.54) is 6.42 Å². The van der Waals surface area contributed by atoms with Crippen molar-refractivity contribution in [1.82, 2.24) is 4.90 Å². The van der Waals surface area contributed by atoms with Crippen LogP contribution < -0.4 is 5.73 Å². The number of carbonyl (C=O) groups is 1. The van der Waals surface area contributed by atoms with Crippen LogP contribution in [-0.4, -0.2) is 42.1 Å². The Balaban J connectivity index is 1.93. The molecular weight excluding hydrogens is 216 g/mol. The Hall–Kier alpha value is -0.610. The second-order valence-electron chi connectivity index (χ2n) is 5.29. The zero-order valence-corrected chi connectivity index (χ0v) is 10.9. The molecular formula is C13H24N2O2. The van der Waals surface area contributed by atoms with Crippen LogP contribution in [0.25, 0.3) is 0 Å². The zero-order valence-electron chi connectivity index (χ0n) is 10.9. The Bertz CT molecular complexity index is 281. The molecule has 0 aromatic heterocycles. The van der Waals surface area contributed by atoms with Crippen LogP contribution in [0.4, 0.5) is 0 Å². The lowest BCUT2D eigenvalue weighted by Crippen LogP contribution is -2.52. The van der Waals surface area contributed by atoms with E-state index in [0.29, 0.717) is 6.61 Å². The Morgan fingerprint density at radius 3 is 2.94 bits per heavy atom. The average Bonchev–Trinajstić information content (AvgIpc) is 3.08. The number of ether oxygens (including phenoxy) is 1. The molecule has 1 saturated carbocycles. The first kappa shape index (κ1) is 12.8. The molecule has 0 aromatic rings. The van der Waals surface area contributed by atoms with E-state index in [1.54, 1.807) is 0 Å². The van der Waals surface area contributed by atoms with Gasteiger partial charge in [0, 0.05) is 25.2 Å². The van der Waals surface area contributed by atoms with Crippen LogP contribution in [0.15, 0.2) is 0 Å². The SMILES string of the molecule is CCOC1CC1C(=O)N1CCCCC1C(C)N. The number of rotatable bonds is 4. The molecule has 4 heteroatoms. The second-order valence-corrected chi connectivity index (χ2v) is 5.29. The van der Waals surface area contributed by atoms with Gasteiger partial charge in [0.25, 0.3) is 0 Å². The van der Waals surface area contributed by atoms with Gasteiger partial charge in [-0.2, -0.15) is 0 Å². The number of nitrogens with zero attached hydrogens (tertiary/aromatic N) is 1. The lowest BCUT2D eigenvalue weighted by atomic mass is 9.96. The average molecular weight is 240 g/mol. The molecule has 2 N–H and O–H groups in total. The van der Waals surface area contributed by atoms with Crippen LogP contribution in [0.5, 0.6) is 0 Å². The lowest BCUT2D eigenvalue weighted by molar-refractivity contribution is -0.137. The topological polar surface area (TPSA) is 55.6 Å². The standard InChI is InChI=1S/C13H24N2O2/c1-3-17-12-8-10(12)13(16)15-7-5-4-6-11(15)9(2)14/h9-12H,3-8,14H2,1-2H3. The van der Waals surface area contributed by atoms with E-state index in [9.17, 15) is 4.79 Å². The fourth-order valence-corrected chi connectivity index (χ4v) is 2.82. The normalized spacial score (nSPS) is 34.5. The zero-order chi connectivity index (χ0) is 12.4. The number of likely N-dealkylation sites (tertiary alicyclic amines) is 1. The van der Waals surface area contributed by atoms with Crippen molar-refractivity contribution >= 4 is 5.91 Å². The van der Waals surface area contributed by atoms with Crippen molar-refractivity contribution in [3.8, 4) is 0 Å². The van der Waals surface area contributed by atoms with Gasteiger partial charge in [0.15, 0.2) is 0 Å². The van der Waals surface area contributed by atoms with Crippen LogP contribution in [0.2, 0.25) is 0 Å². The summed E-state index contributed by atoms with van der Waals surface area (Å²) in [7, 11) is 0. The molecule has 0 spiro atoms. The van der Waals surface area contributed by atoms with E-state index in [4.69, 9.17) is 10.5 Å². The highest BCUT2D eigenvalue weighted by molar-refractivity contribution is 5.82. The molecule has 1 aliphatic carbocycles. The fourth-order valence-electron chi connectivity index (χ4n) is 2.82. The van der Waals surface area contributed by atoms with Gasteiger partial charge in [-0.05, 0) is 39.5 Å². The lowest BCUT2D eigenvalue weighted by Gasteiger charge is -2.38. The molecule has 2 fully saturated rings. The van der Waals surface area contributed by atoms with Gasteiger partial charge < -0.3 is 15.4 Å². The summed E-state index contributed by atoms with van der Waals surface area (Å²) >= 11 is 0. The minimum atomic E-state index is 0.0727. The first-order valence-corrected chi connectivity index (χ1v) is 6.82. The summed E-state index contributed by atoms with van der Waals surface area (Å²) < 4.78 is 5.49. The highest BCUT2D eigenvalue weighted by Gasteiger charge is 2.47. The van der Waals surface area contributed by atoms with Crippen molar-refractivity contribution in [3.63, 3.8) is 0 Å². The number of hydrogen-bond donors (Lipinski definition) is 1. The van der Waals surface area contributed by atoms with E-state index >= 15 is 0 Å². The van der Waals surface area contributed by atoms with Crippen molar-refractivity contribution < 1.29 is 9.53 Å². The molecule has 1 saturated heterocycles. The molecule has 4 atom stereocenters. The minimum absolute atomic E-state index is 0.0727. The van der Waals surface area contributed by atoms with Crippen LogP contribution in [0, 0.1) is 5.92 Å². The quantitative estimate of drug-likeness (QED) is 0.801. The van der Waals surface area contributed by atoms with Crippen molar-refractivity contribution in [2.75, 3.05) is 13.2 Å². The minimum Gasteiger partial charge on any atom is -0.378 e. The number of carbonyl (C=O) groups excluding carboxylic acids is 1. The van der Waals surface area contributed by atoms with Gasteiger partial charge in [-0.1, -0.05) is 0 Å². The molecule has 98 valence electrons. The second kappa shape index (κ2) is 5.36. The number of nitrogens with two attached hydrogens (primary N) is 1. The molecule has 0 aromatic carbocycles. The summed E-state index contributed by atoms with van der Waals surface area (Å²) in [6.45, 7) is 5.56. The molecule has 17 heavy (non-hydrogen) atoms. The molecule has 0 bridgehead atoms. The third-order valence-electron chi connectivity index (χ3n) is 3.87. The Morgan fingerprint density at radius 2 is 2.29 bits per heavy atom. The summed E-state index contributed by atoms with van der Waals surface area (Å²) in [5, 5.41) is 0. The molecule has 0 radical (unpaired) electrons. The molecule has 1 amide bonds. The smallest absolute Gasteiger partial charge is 0.228 e. The van der Waals surface area contributed by atoms with E-state index in [1.807, 2.05) is 18.7 Å². The third-order valence-corrected chi connectivity index (χ3v) is 3.87. The van der Waals surface area contributed by atoms with Gasteiger partial charge in [-0.15, -0.1) is 0 Å². The van der Waals surface area contributed by atoms with Gasteiger partial charge in [-0.25, -0.2) is 0 Å². The van der Waals surface area contributed by atoms with E-state index in [2.05, 4.69) is 0 Å². The predicted octanol–water partition coefficient (Wildman–Crippen LogP) is 1.14. The maximum absolute atomic E-state index is 12.4. The van der Waals surface area contributed by atoms with Gasteiger partial charge >= 0.3 is 0 Å². The summed E-state index contributed by atoms with van der Waals surface area (Å²) in [5.74, 6) is 0.375. The molecule has 4 nitrogen and oxygen atoms in total. The molecule has 2 rings (SSSR count).